The third kappa shape index (κ3) is 2.97. The minimum atomic E-state index is 0.0996. The van der Waals surface area contributed by atoms with Crippen molar-refractivity contribution in [1.29, 1.82) is 5.26 Å². The van der Waals surface area contributed by atoms with Crippen molar-refractivity contribution in [3.63, 3.8) is 0 Å². The molecule has 21 heavy (non-hydrogen) atoms. The summed E-state index contributed by atoms with van der Waals surface area (Å²) in [7, 11) is 0. The van der Waals surface area contributed by atoms with Crippen molar-refractivity contribution in [2.45, 2.75) is 19.4 Å². The molecule has 4 nitrogen and oxygen atoms in total. The van der Waals surface area contributed by atoms with Crippen molar-refractivity contribution in [2.24, 2.45) is 0 Å². The molecule has 2 heterocycles. The highest BCUT2D eigenvalue weighted by atomic mass is 16.5. The SMILES string of the molecule is Cc1ccc(N2CC[C@H](Oc3ccccc3C#N)C2)nc1. The Kier molecular flexibility index (Phi) is 3.74. The maximum absolute atomic E-state index is 9.10. The Morgan fingerprint density at radius 3 is 2.90 bits per heavy atom. The monoisotopic (exact) mass is 279 g/mol. The normalized spacial score (nSPS) is 17.5. The molecule has 1 aromatic carbocycles. The fourth-order valence-electron chi connectivity index (χ4n) is 2.52. The van der Waals surface area contributed by atoms with E-state index < -0.39 is 0 Å². The summed E-state index contributed by atoms with van der Waals surface area (Å²) in [6, 6.07) is 13.7. The lowest BCUT2D eigenvalue weighted by Crippen LogP contribution is -2.25. The average Bonchev–Trinajstić information content (AvgIpc) is 2.97. The van der Waals surface area contributed by atoms with Gasteiger partial charge in [0.15, 0.2) is 0 Å². The van der Waals surface area contributed by atoms with Crippen LogP contribution in [0.1, 0.15) is 17.5 Å². The minimum absolute atomic E-state index is 0.0996. The lowest BCUT2D eigenvalue weighted by atomic mass is 10.2. The van der Waals surface area contributed by atoms with E-state index in [9.17, 15) is 0 Å². The van der Waals surface area contributed by atoms with Gasteiger partial charge in [-0.25, -0.2) is 4.98 Å². The number of benzene rings is 1. The van der Waals surface area contributed by atoms with Crippen LogP contribution in [0.5, 0.6) is 5.75 Å². The van der Waals surface area contributed by atoms with Gasteiger partial charge in [0.2, 0.25) is 0 Å². The number of aryl methyl sites for hydroxylation is 1. The highest BCUT2D eigenvalue weighted by Crippen LogP contribution is 2.24. The van der Waals surface area contributed by atoms with Crippen LogP contribution in [0.15, 0.2) is 42.6 Å². The molecule has 1 aliphatic rings. The summed E-state index contributed by atoms with van der Waals surface area (Å²) >= 11 is 0. The Morgan fingerprint density at radius 2 is 2.14 bits per heavy atom. The molecule has 0 N–H and O–H groups in total. The van der Waals surface area contributed by atoms with Crippen LogP contribution in [0.25, 0.3) is 0 Å². The molecule has 1 saturated heterocycles. The fourth-order valence-corrected chi connectivity index (χ4v) is 2.52. The van der Waals surface area contributed by atoms with Gasteiger partial charge in [-0.1, -0.05) is 18.2 Å². The van der Waals surface area contributed by atoms with Gasteiger partial charge in [-0.05, 0) is 30.7 Å². The summed E-state index contributed by atoms with van der Waals surface area (Å²) < 4.78 is 5.98. The predicted octanol–water partition coefficient (Wildman–Crippen LogP) is 2.92. The first-order valence-corrected chi connectivity index (χ1v) is 7.09. The van der Waals surface area contributed by atoms with Gasteiger partial charge in [0.25, 0.3) is 0 Å². The Morgan fingerprint density at radius 1 is 1.29 bits per heavy atom. The van der Waals surface area contributed by atoms with Crippen LogP contribution >= 0.6 is 0 Å². The predicted molar refractivity (Wildman–Crippen MR) is 81.4 cm³/mol. The van der Waals surface area contributed by atoms with Gasteiger partial charge >= 0.3 is 0 Å². The molecule has 0 unspecified atom stereocenters. The van der Waals surface area contributed by atoms with Crippen LogP contribution in [0.2, 0.25) is 0 Å². The minimum Gasteiger partial charge on any atom is -0.487 e. The maximum atomic E-state index is 9.10. The Hall–Kier alpha value is -2.54. The zero-order valence-electron chi connectivity index (χ0n) is 12.0. The molecular weight excluding hydrogens is 262 g/mol. The number of aromatic nitrogens is 1. The highest BCUT2D eigenvalue weighted by molar-refractivity contribution is 5.44. The molecule has 1 aromatic heterocycles. The summed E-state index contributed by atoms with van der Waals surface area (Å²) in [6.45, 7) is 3.76. The first kappa shape index (κ1) is 13.4. The number of nitrogens with zero attached hydrogens (tertiary/aromatic N) is 3. The molecule has 0 saturated carbocycles. The van der Waals surface area contributed by atoms with Crippen molar-refractivity contribution in [3.8, 4) is 11.8 Å². The van der Waals surface area contributed by atoms with Crippen molar-refractivity contribution in [3.05, 3.63) is 53.7 Å². The van der Waals surface area contributed by atoms with Crippen LogP contribution in [-0.4, -0.2) is 24.2 Å². The van der Waals surface area contributed by atoms with Crippen molar-refractivity contribution >= 4 is 5.82 Å². The van der Waals surface area contributed by atoms with Crippen molar-refractivity contribution < 1.29 is 4.74 Å². The third-order valence-corrected chi connectivity index (χ3v) is 3.67. The topological polar surface area (TPSA) is 49.1 Å². The van der Waals surface area contributed by atoms with E-state index in [1.165, 1.54) is 0 Å². The van der Waals surface area contributed by atoms with Crippen LogP contribution in [0.4, 0.5) is 5.82 Å². The number of pyridine rings is 1. The van der Waals surface area contributed by atoms with Crippen molar-refractivity contribution in [2.75, 3.05) is 18.0 Å². The maximum Gasteiger partial charge on any atom is 0.137 e. The van der Waals surface area contributed by atoms with Crippen molar-refractivity contribution in [1.82, 2.24) is 4.98 Å². The van der Waals surface area contributed by atoms with E-state index >= 15 is 0 Å². The van der Waals surface area contributed by atoms with E-state index in [4.69, 9.17) is 10.00 Å². The summed E-state index contributed by atoms with van der Waals surface area (Å²) in [5.74, 6) is 1.66. The Bertz CT molecular complexity index is 660. The molecule has 0 spiro atoms. The number of anilines is 1. The first-order valence-electron chi connectivity index (χ1n) is 7.09. The van der Waals surface area contributed by atoms with Crippen LogP contribution in [0, 0.1) is 18.3 Å². The fraction of sp³-hybridized carbons (Fsp3) is 0.294. The zero-order chi connectivity index (χ0) is 14.7. The summed E-state index contributed by atoms with van der Waals surface area (Å²) in [6.07, 6.45) is 2.92. The number of para-hydroxylation sites is 1. The number of ether oxygens (including phenoxy) is 1. The van der Waals surface area contributed by atoms with Gasteiger partial charge in [-0.3, -0.25) is 0 Å². The van der Waals surface area contributed by atoms with Crippen LogP contribution in [0.3, 0.4) is 0 Å². The smallest absolute Gasteiger partial charge is 0.137 e. The van der Waals surface area contributed by atoms with Gasteiger partial charge in [0, 0.05) is 19.2 Å². The van der Waals surface area contributed by atoms with Gasteiger partial charge in [0.1, 0.15) is 23.7 Å². The molecule has 3 rings (SSSR count). The number of nitriles is 1. The van der Waals surface area contributed by atoms with Gasteiger partial charge in [0.05, 0.1) is 12.1 Å². The highest BCUT2D eigenvalue weighted by Gasteiger charge is 2.25. The molecule has 0 bridgehead atoms. The Labute approximate surface area is 124 Å². The number of rotatable bonds is 3. The lowest BCUT2D eigenvalue weighted by molar-refractivity contribution is 0.224. The van der Waals surface area contributed by atoms with E-state index in [1.807, 2.05) is 37.4 Å². The van der Waals surface area contributed by atoms with Gasteiger partial charge in [-0.2, -0.15) is 5.26 Å². The average molecular weight is 279 g/mol. The third-order valence-electron chi connectivity index (χ3n) is 3.67. The van der Waals surface area contributed by atoms with Gasteiger partial charge < -0.3 is 9.64 Å². The molecule has 1 aliphatic heterocycles. The van der Waals surface area contributed by atoms with E-state index in [0.717, 1.165) is 30.9 Å². The second-order valence-corrected chi connectivity index (χ2v) is 5.28. The molecular formula is C17H17N3O. The molecule has 0 radical (unpaired) electrons. The largest absolute Gasteiger partial charge is 0.487 e. The Balaban J connectivity index is 1.67. The standard InChI is InChI=1S/C17H17N3O/c1-13-6-7-17(19-11-13)20-9-8-15(12-20)21-16-5-3-2-4-14(16)10-18/h2-7,11,15H,8-9,12H2,1H3/t15-/m0/s1. The molecule has 2 aromatic rings. The lowest BCUT2D eigenvalue weighted by Gasteiger charge is -2.18. The second-order valence-electron chi connectivity index (χ2n) is 5.28. The molecule has 0 aliphatic carbocycles. The quantitative estimate of drug-likeness (QED) is 0.866. The molecule has 1 atom stereocenters. The molecule has 1 fully saturated rings. The van der Waals surface area contributed by atoms with Crippen LogP contribution < -0.4 is 9.64 Å². The molecule has 0 amide bonds. The summed E-state index contributed by atoms with van der Waals surface area (Å²) in [5.41, 5.74) is 1.75. The van der Waals surface area contributed by atoms with E-state index in [0.29, 0.717) is 11.3 Å². The van der Waals surface area contributed by atoms with E-state index in [2.05, 4.69) is 22.0 Å². The van der Waals surface area contributed by atoms with E-state index in [1.54, 1.807) is 6.07 Å². The zero-order valence-corrected chi connectivity index (χ0v) is 12.0. The number of hydrogen-bond donors (Lipinski definition) is 0. The molecule has 4 heteroatoms. The summed E-state index contributed by atoms with van der Waals surface area (Å²) in [4.78, 5) is 6.67. The second kappa shape index (κ2) is 5.84. The summed E-state index contributed by atoms with van der Waals surface area (Å²) in [5, 5.41) is 9.10. The molecule has 106 valence electrons. The van der Waals surface area contributed by atoms with Crippen LogP contribution in [-0.2, 0) is 0 Å². The number of hydrogen-bond acceptors (Lipinski definition) is 4. The van der Waals surface area contributed by atoms with E-state index in [-0.39, 0.29) is 6.10 Å². The first-order chi connectivity index (χ1) is 10.3. The van der Waals surface area contributed by atoms with Gasteiger partial charge in [-0.15, -0.1) is 0 Å².